The van der Waals surface area contributed by atoms with Gasteiger partial charge in [-0.1, -0.05) is 0 Å². The van der Waals surface area contributed by atoms with Gasteiger partial charge in [-0.3, -0.25) is 9.48 Å². The third-order valence-corrected chi connectivity index (χ3v) is 2.10. The molecule has 16 heavy (non-hydrogen) atoms. The largest absolute Gasteiger partial charge is 0.352 e. The van der Waals surface area contributed by atoms with Crippen molar-refractivity contribution in [2.75, 3.05) is 6.54 Å². The van der Waals surface area contributed by atoms with Crippen LogP contribution >= 0.6 is 12.4 Å². The summed E-state index contributed by atoms with van der Waals surface area (Å²) >= 11 is 0. The number of nitrogens with one attached hydrogen (secondary N) is 1. The zero-order valence-corrected chi connectivity index (χ0v) is 10.5. The third kappa shape index (κ3) is 4.63. The normalized spacial score (nSPS) is 11.7. The molecule has 6 heteroatoms. The Hall–Kier alpha value is -1.07. The molecule has 0 bridgehead atoms. The van der Waals surface area contributed by atoms with E-state index in [-0.39, 0.29) is 24.4 Å². The van der Waals surface area contributed by atoms with Crippen molar-refractivity contribution in [2.45, 2.75) is 32.9 Å². The van der Waals surface area contributed by atoms with Crippen molar-refractivity contribution in [3.63, 3.8) is 0 Å². The van der Waals surface area contributed by atoms with Gasteiger partial charge in [-0.2, -0.15) is 5.10 Å². The molecule has 0 saturated carbocycles. The molecule has 1 amide bonds. The van der Waals surface area contributed by atoms with Crippen molar-refractivity contribution in [1.82, 2.24) is 15.1 Å². The van der Waals surface area contributed by atoms with Gasteiger partial charge in [0.25, 0.3) is 5.91 Å². The lowest BCUT2D eigenvalue weighted by atomic mass is 10.2. The van der Waals surface area contributed by atoms with Crippen LogP contribution in [-0.4, -0.2) is 28.3 Å². The van der Waals surface area contributed by atoms with Crippen LogP contribution in [0.2, 0.25) is 0 Å². The molecule has 0 fully saturated rings. The standard InChI is InChI=1S/C10H18N4O.ClH/c1-3-14-7-9(6-13-14)10(15)12-5-4-8(2)11;/h6-8H,3-5,11H2,1-2H3,(H,12,15);1H. The number of carbonyl (C=O) groups is 1. The molecule has 0 aliphatic carbocycles. The highest BCUT2D eigenvalue weighted by Crippen LogP contribution is 1.97. The molecule has 0 aliphatic rings. The van der Waals surface area contributed by atoms with Crippen LogP contribution in [0.3, 0.4) is 0 Å². The minimum absolute atomic E-state index is 0. The van der Waals surface area contributed by atoms with Crippen LogP contribution in [-0.2, 0) is 6.54 Å². The highest BCUT2D eigenvalue weighted by Gasteiger charge is 2.07. The summed E-state index contributed by atoms with van der Waals surface area (Å²) in [6.45, 7) is 5.27. The van der Waals surface area contributed by atoms with Gasteiger partial charge >= 0.3 is 0 Å². The van der Waals surface area contributed by atoms with E-state index in [2.05, 4.69) is 10.4 Å². The molecule has 1 unspecified atom stereocenters. The van der Waals surface area contributed by atoms with Crippen molar-refractivity contribution in [1.29, 1.82) is 0 Å². The fraction of sp³-hybridized carbons (Fsp3) is 0.600. The topological polar surface area (TPSA) is 72.9 Å². The molecule has 1 heterocycles. The van der Waals surface area contributed by atoms with E-state index in [0.717, 1.165) is 13.0 Å². The summed E-state index contributed by atoms with van der Waals surface area (Å²) in [7, 11) is 0. The number of hydrogen-bond acceptors (Lipinski definition) is 3. The molecule has 0 saturated heterocycles. The summed E-state index contributed by atoms with van der Waals surface area (Å²) in [6, 6.07) is 0.115. The Labute approximate surface area is 102 Å². The highest BCUT2D eigenvalue weighted by atomic mass is 35.5. The van der Waals surface area contributed by atoms with Crippen LogP contribution < -0.4 is 11.1 Å². The number of hydrogen-bond donors (Lipinski definition) is 2. The number of halogens is 1. The molecule has 0 radical (unpaired) electrons. The lowest BCUT2D eigenvalue weighted by Gasteiger charge is -2.05. The molecule has 0 spiro atoms. The monoisotopic (exact) mass is 246 g/mol. The average Bonchev–Trinajstić information content (AvgIpc) is 2.65. The Morgan fingerprint density at radius 1 is 1.69 bits per heavy atom. The number of nitrogens with zero attached hydrogens (tertiary/aromatic N) is 2. The average molecular weight is 247 g/mol. The smallest absolute Gasteiger partial charge is 0.254 e. The molecule has 1 aromatic rings. The maximum absolute atomic E-state index is 11.6. The zero-order chi connectivity index (χ0) is 11.3. The van der Waals surface area contributed by atoms with E-state index in [1.54, 1.807) is 17.1 Å². The van der Waals surface area contributed by atoms with Gasteiger partial charge in [0.1, 0.15) is 0 Å². The molecule has 0 aliphatic heterocycles. The first-order valence-electron chi connectivity index (χ1n) is 5.19. The maximum Gasteiger partial charge on any atom is 0.254 e. The predicted molar refractivity (Wildman–Crippen MR) is 65.7 cm³/mol. The van der Waals surface area contributed by atoms with Crippen LogP contribution in [0.5, 0.6) is 0 Å². The molecule has 0 aromatic carbocycles. The Kier molecular flexibility index (Phi) is 6.76. The number of nitrogens with two attached hydrogens (primary N) is 1. The Bertz CT molecular complexity index is 324. The van der Waals surface area contributed by atoms with Gasteiger partial charge in [-0.25, -0.2) is 0 Å². The lowest BCUT2D eigenvalue weighted by molar-refractivity contribution is 0.0952. The second-order valence-electron chi connectivity index (χ2n) is 3.61. The summed E-state index contributed by atoms with van der Waals surface area (Å²) in [4.78, 5) is 11.6. The van der Waals surface area contributed by atoms with E-state index in [1.807, 2.05) is 13.8 Å². The predicted octanol–water partition coefficient (Wildman–Crippen LogP) is 0.792. The summed E-state index contributed by atoms with van der Waals surface area (Å²) in [6.07, 6.45) is 4.10. The highest BCUT2D eigenvalue weighted by molar-refractivity contribution is 5.93. The van der Waals surface area contributed by atoms with Gasteiger partial charge in [0.05, 0.1) is 11.8 Å². The number of rotatable bonds is 5. The van der Waals surface area contributed by atoms with E-state index in [1.165, 1.54) is 0 Å². The molecule has 3 N–H and O–H groups in total. The first-order valence-corrected chi connectivity index (χ1v) is 5.19. The SMILES string of the molecule is CCn1cc(C(=O)NCCC(C)N)cn1.Cl. The van der Waals surface area contributed by atoms with Crippen molar-refractivity contribution >= 4 is 18.3 Å². The van der Waals surface area contributed by atoms with Gasteiger partial charge in [-0.15, -0.1) is 12.4 Å². The van der Waals surface area contributed by atoms with Gasteiger partial charge in [0.15, 0.2) is 0 Å². The summed E-state index contributed by atoms with van der Waals surface area (Å²) in [5.74, 6) is -0.0876. The minimum Gasteiger partial charge on any atom is -0.352 e. The Morgan fingerprint density at radius 3 is 2.88 bits per heavy atom. The van der Waals surface area contributed by atoms with Crippen LogP contribution in [0.1, 0.15) is 30.6 Å². The molecule has 1 rings (SSSR count). The van der Waals surface area contributed by atoms with Gasteiger partial charge in [0, 0.05) is 25.3 Å². The summed E-state index contributed by atoms with van der Waals surface area (Å²) in [5, 5.41) is 6.83. The minimum atomic E-state index is -0.0876. The Morgan fingerprint density at radius 2 is 2.38 bits per heavy atom. The van der Waals surface area contributed by atoms with Crippen molar-refractivity contribution in [3.8, 4) is 0 Å². The molecule has 1 atom stereocenters. The van der Waals surface area contributed by atoms with Crippen molar-refractivity contribution in [2.24, 2.45) is 5.73 Å². The fourth-order valence-corrected chi connectivity index (χ4v) is 1.17. The van der Waals surface area contributed by atoms with E-state index < -0.39 is 0 Å². The fourth-order valence-electron chi connectivity index (χ4n) is 1.17. The second kappa shape index (κ2) is 7.24. The molecular formula is C10H19ClN4O. The van der Waals surface area contributed by atoms with Gasteiger partial charge in [0.2, 0.25) is 0 Å². The molecular weight excluding hydrogens is 228 g/mol. The third-order valence-electron chi connectivity index (χ3n) is 2.10. The van der Waals surface area contributed by atoms with E-state index in [0.29, 0.717) is 12.1 Å². The number of carbonyl (C=O) groups excluding carboxylic acids is 1. The van der Waals surface area contributed by atoms with E-state index in [9.17, 15) is 4.79 Å². The zero-order valence-electron chi connectivity index (χ0n) is 9.64. The number of amides is 1. The van der Waals surface area contributed by atoms with Gasteiger partial charge < -0.3 is 11.1 Å². The van der Waals surface area contributed by atoms with Crippen LogP contribution in [0.15, 0.2) is 12.4 Å². The maximum atomic E-state index is 11.6. The molecule has 5 nitrogen and oxygen atoms in total. The van der Waals surface area contributed by atoms with Crippen LogP contribution in [0.4, 0.5) is 0 Å². The number of aromatic nitrogens is 2. The Balaban J connectivity index is 0.00000225. The molecule has 1 aromatic heterocycles. The summed E-state index contributed by atoms with van der Waals surface area (Å²) < 4.78 is 1.72. The second-order valence-corrected chi connectivity index (χ2v) is 3.61. The first kappa shape index (κ1) is 14.9. The van der Waals surface area contributed by atoms with Crippen molar-refractivity contribution < 1.29 is 4.79 Å². The van der Waals surface area contributed by atoms with Gasteiger partial charge in [-0.05, 0) is 20.3 Å². The lowest BCUT2D eigenvalue weighted by Crippen LogP contribution is -2.28. The quantitative estimate of drug-likeness (QED) is 0.807. The first-order chi connectivity index (χ1) is 7.13. The van der Waals surface area contributed by atoms with Crippen molar-refractivity contribution in [3.05, 3.63) is 18.0 Å². The van der Waals surface area contributed by atoms with E-state index >= 15 is 0 Å². The molecule has 92 valence electrons. The number of aryl methyl sites for hydroxylation is 1. The van der Waals surface area contributed by atoms with Crippen LogP contribution in [0.25, 0.3) is 0 Å². The van der Waals surface area contributed by atoms with Crippen LogP contribution in [0, 0.1) is 0 Å². The summed E-state index contributed by atoms with van der Waals surface area (Å²) in [5.41, 5.74) is 6.17. The van der Waals surface area contributed by atoms with E-state index in [4.69, 9.17) is 5.73 Å².